The minimum atomic E-state index is -2.22. The number of halogens is 1. The van der Waals surface area contributed by atoms with Crippen LogP contribution in [0.1, 0.15) is 0 Å². The molecule has 0 aromatic rings. The van der Waals surface area contributed by atoms with Crippen molar-refractivity contribution in [2.24, 2.45) is 46.8 Å². The predicted octanol–water partition coefficient (Wildman–Crippen LogP) is -6.43. The summed E-state index contributed by atoms with van der Waals surface area (Å²) in [7, 11) is 0. The molecule has 1 saturated heterocycles. The molecule has 1 heterocycles. The fraction of sp³-hybridized carbons (Fsp3) is 0. The van der Waals surface area contributed by atoms with Crippen LogP contribution >= 0.6 is 23.0 Å². The topological polar surface area (TPSA) is 301 Å². The van der Waals surface area contributed by atoms with Gasteiger partial charge >= 0.3 is 5.08 Å². The van der Waals surface area contributed by atoms with Gasteiger partial charge in [-0.3, -0.25) is 0 Å². The average Bonchev–Trinajstić information content (AvgIpc) is 2.44. The van der Waals surface area contributed by atoms with E-state index < -0.39 is 15.2 Å². The van der Waals surface area contributed by atoms with Gasteiger partial charge in [-0.2, -0.15) is 15.0 Å². The molecule has 0 saturated carbocycles. The summed E-state index contributed by atoms with van der Waals surface area (Å²) >= 11 is 1.28. The number of hydrazine groups is 3. The van der Waals surface area contributed by atoms with Crippen LogP contribution in [-0.2, 0) is 42.7 Å². The summed E-state index contributed by atoms with van der Waals surface area (Å²) in [5.74, 6) is 41.3. The standard InChI is InChI=1S/H16IN14O9/c1-16-10(2)20-13(5,17-8)23-15(7)22-12(4)19-11(3)21-14(6,18-9)24-15/h2-9H2/q+3. The molecule has 0 amide bonds. The van der Waals surface area contributed by atoms with E-state index in [9.17, 15) is 0 Å². The first kappa shape index (κ1) is 21.9. The Hall–Kier alpha value is -0.190. The second kappa shape index (κ2) is 8.46. The Labute approximate surface area is 144 Å². The molecule has 23 nitrogen and oxygen atoms in total. The molecular formula is H16IN14O9+3. The summed E-state index contributed by atoms with van der Waals surface area (Å²) in [5, 5.41) is -6.33. The second-order valence-electron chi connectivity index (χ2n) is 3.25. The van der Waals surface area contributed by atoms with E-state index in [0.29, 0.717) is 0 Å². The first-order chi connectivity index (χ1) is 11.0. The van der Waals surface area contributed by atoms with Crippen molar-refractivity contribution in [3.8, 4) is 0 Å². The molecule has 1 rings (SSSR count). The monoisotopic (exact) mass is 483 g/mol. The summed E-state index contributed by atoms with van der Waals surface area (Å²) < 4.78 is 4.35. The minimum Gasteiger partial charge on any atom is -0.214 e. The average molecular weight is 483 g/mol. The van der Waals surface area contributed by atoms with Crippen LogP contribution in [-0.4, -0.2) is 31.3 Å². The highest BCUT2D eigenvalue weighted by atomic mass is 127. The van der Waals surface area contributed by atoms with Gasteiger partial charge in [-0.05, 0) is 9.88 Å². The van der Waals surface area contributed by atoms with Gasteiger partial charge in [0.2, 0.25) is 0 Å². The number of nitrogens with zero attached hydrogens (tertiary/aromatic N) is 6. The highest BCUT2D eigenvalue weighted by molar-refractivity contribution is 14.1. The van der Waals surface area contributed by atoms with E-state index in [1.165, 1.54) is 23.0 Å². The van der Waals surface area contributed by atoms with Gasteiger partial charge < -0.3 is 0 Å². The third kappa shape index (κ3) is 6.27. The maximum Gasteiger partial charge on any atom is 0.320 e. The van der Waals surface area contributed by atoms with Crippen LogP contribution in [0.4, 0.5) is 0 Å². The molecule has 0 aliphatic carbocycles. The Morgan fingerprint density at radius 3 is 2.08 bits per heavy atom. The molecule has 144 valence electrons. The fourth-order valence-corrected chi connectivity index (χ4v) is 0.999. The SMILES string of the molecule is NO[N+](N)(ON(N)OI)O[N+]1(N)ON(N)ON(N)O[N+](N)(ON)O1. The zero-order valence-corrected chi connectivity index (χ0v) is 13.5. The van der Waals surface area contributed by atoms with Crippen LogP contribution in [0.5, 0.6) is 0 Å². The molecule has 0 aromatic carbocycles. The van der Waals surface area contributed by atoms with Crippen LogP contribution in [0.2, 0.25) is 0 Å². The first-order valence-corrected chi connectivity index (χ1v) is 5.79. The Morgan fingerprint density at radius 1 is 1.08 bits per heavy atom. The first-order valence-electron chi connectivity index (χ1n) is 4.91. The quantitative estimate of drug-likeness (QED) is 0.0722. The normalized spacial score (nSPS) is 33.2. The van der Waals surface area contributed by atoms with Crippen LogP contribution in [0.3, 0.4) is 0 Å². The third-order valence-electron chi connectivity index (χ3n) is 1.56. The largest absolute Gasteiger partial charge is 0.320 e. The molecule has 0 radical (unpaired) electrons. The summed E-state index contributed by atoms with van der Waals surface area (Å²) in [6.07, 6.45) is 0. The summed E-state index contributed by atoms with van der Waals surface area (Å²) in [6, 6.07) is 0. The molecule has 24 heteroatoms. The molecule has 3 unspecified atom stereocenters. The van der Waals surface area contributed by atoms with E-state index in [4.69, 9.17) is 46.8 Å². The summed E-state index contributed by atoms with van der Waals surface area (Å²) in [6.45, 7) is 0. The van der Waals surface area contributed by atoms with Gasteiger partial charge in [-0.25, -0.2) is 17.5 Å². The van der Waals surface area contributed by atoms with Crippen molar-refractivity contribution in [2.45, 2.75) is 0 Å². The molecule has 1 aliphatic rings. The Kier molecular flexibility index (Phi) is 7.70. The highest BCUT2D eigenvalue weighted by Crippen LogP contribution is 2.20. The zero-order valence-electron chi connectivity index (χ0n) is 11.4. The van der Waals surface area contributed by atoms with E-state index in [1.807, 2.05) is 0 Å². The highest BCUT2D eigenvalue weighted by Gasteiger charge is 2.63. The van der Waals surface area contributed by atoms with Crippen molar-refractivity contribution in [1.29, 1.82) is 0 Å². The minimum absolute atomic E-state index is 0.0115. The molecule has 0 bridgehead atoms. The van der Waals surface area contributed by atoms with Crippen LogP contribution in [0, 0.1) is 0 Å². The van der Waals surface area contributed by atoms with Crippen molar-refractivity contribution < 1.29 is 57.9 Å². The third-order valence-corrected chi connectivity index (χ3v) is 1.95. The molecule has 3 atom stereocenters. The number of hydrogen-bond donors (Lipinski definition) is 8. The molecule has 0 aromatic heterocycles. The van der Waals surface area contributed by atoms with Gasteiger partial charge in [0.15, 0.2) is 9.88 Å². The van der Waals surface area contributed by atoms with Crippen LogP contribution < -0.4 is 46.8 Å². The smallest absolute Gasteiger partial charge is 0.214 e. The van der Waals surface area contributed by atoms with Crippen molar-refractivity contribution >= 4 is 23.0 Å². The van der Waals surface area contributed by atoms with E-state index in [0.717, 1.165) is 0 Å². The van der Waals surface area contributed by atoms with Gasteiger partial charge in [-0.15, -0.1) is 4.94 Å². The molecule has 16 N–H and O–H groups in total. The van der Waals surface area contributed by atoms with Gasteiger partial charge in [0.1, 0.15) is 23.0 Å². The molecular weight excluding hydrogens is 467 g/mol. The van der Waals surface area contributed by atoms with Gasteiger partial charge in [0, 0.05) is 14.8 Å². The van der Waals surface area contributed by atoms with Gasteiger partial charge in [0.25, 0.3) is 10.2 Å². The van der Waals surface area contributed by atoms with Gasteiger partial charge in [-0.1, -0.05) is 17.5 Å². The lowest BCUT2D eigenvalue weighted by Gasteiger charge is -2.30. The predicted molar refractivity (Wildman–Crippen MR) is 63.6 cm³/mol. The van der Waals surface area contributed by atoms with Crippen molar-refractivity contribution in [3.63, 3.8) is 0 Å². The molecule has 24 heavy (non-hydrogen) atoms. The number of quaternary nitrogens is 3. The number of rotatable bonds is 7. The summed E-state index contributed by atoms with van der Waals surface area (Å²) in [5.41, 5.74) is 0. The van der Waals surface area contributed by atoms with Gasteiger partial charge in [0.05, 0.1) is 16.0 Å². The Morgan fingerprint density at radius 2 is 1.62 bits per heavy atom. The van der Waals surface area contributed by atoms with E-state index in [1.54, 1.807) is 0 Å². The fourth-order valence-electron chi connectivity index (χ4n) is 0.927. The number of hydrogen-bond acceptors (Lipinski definition) is 20. The Bertz CT molecular complexity index is 400. The van der Waals surface area contributed by atoms with E-state index in [2.05, 4.69) is 42.7 Å². The lowest BCUT2D eigenvalue weighted by molar-refractivity contribution is -1.67. The maximum absolute atomic E-state index is 5.48. The van der Waals surface area contributed by atoms with Crippen LogP contribution in [0.25, 0.3) is 0 Å². The van der Waals surface area contributed by atoms with E-state index in [-0.39, 0.29) is 16.0 Å². The van der Waals surface area contributed by atoms with Crippen molar-refractivity contribution in [1.82, 2.24) is 16.0 Å². The lowest BCUT2D eigenvalue weighted by Crippen LogP contribution is -2.76. The summed E-state index contributed by atoms with van der Waals surface area (Å²) in [4.78, 5) is 35.5. The maximum atomic E-state index is 5.48. The second-order valence-corrected chi connectivity index (χ2v) is 3.64. The lowest BCUT2D eigenvalue weighted by atomic mass is 12.2. The van der Waals surface area contributed by atoms with E-state index >= 15 is 0 Å². The zero-order chi connectivity index (χ0) is 18.6. The van der Waals surface area contributed by atoms with Crippen molar-refractivity contribution in [2.75, 3.05) is 0 Å². The molecule has 1 fully saturated rings. The molecule has 1 aliphatic heterocycles. The van der Waals surface area contributed by atoms with Crippen molar-refractivity contribution in [3.05, 3.63) is 0 Å². The van der Waals surface area contributed by atoms with Crippen LogP contribution in [0.15, 0.2) is 0 Å². The molecule has 0 spiro atoms. The Balaban J connectivity index is 3.01. The number of nitrogens with two attached hydrogens (primary N) is 8.